The van der Waals surface area contributed by atoms with Gasteiger partial charge in [0.15, 0.2) is 0 Å². The second-order valence-electron chi connectivity index (χ2n) is 6.07. The van der Waals surface area contributed by atoms with Gasteiger partial charge in [0, 0.05) is 37.7 Å². The molecule has 0 unspecified atom stereocenters. The molecule has 0 saturated heterocycles. The van der Waals surface area contributed by atoms with E-state index in [0.717, 1.165) is 9.80 Å². The molecule has 0 aliphatic rings. The van der Waals surface area contributed by atoms with Gasteiger partial charge in [-0.1, -0.05) is 0 Å². The fourth-order valence-electron chi connectivity index (χ4n) is 1.72. The standard InChI is InChI=1S/C10H16N2O8.C4H10O2S2.C2H8N2/c13-7(14)3-11(4-8(15)16)1-2-12(5-9(17)18)6-10(19)20;5-3(1-7)4(6)2-8;3-1-2-4/h1-6H2,(H,13,14)(H,15,16)(H,17,18)(H,19,20);3-8H,1-2H2;1-4H2/t;3-,4-;/m.1./s1. The van der Waals surface area contributed by atoms with Crippen LogP contribution in [0, 0.1) is 0 Å². The van der Waals surface area contributed by atoms with Crippen LogP contribution >= 0.6 is 25.3 Å². The fraction of sp³-hybridized carbons (Fsp3) is 0.750. The van der Waals surface area contributed by atoms with Crippen molar-refractivity contribution in [1.82, 2.24) is 9.80 Å². The first-order valence-corrected chi connectivity index (χ1v) is 10.4. The van der Waals surface area contributed by atoms with Crippen molar-refractivity contribution >= 4 is 49.1 Å². The second kappa shape index (κ2) is 22.5. The summed E-state index contributed by atoms with van der Waals surface area (Å²) in [6, 6.07) is 0. The maximum absolute atomic E-state index is 10.6. The van der Waals surface area contributed by atoms with Crippen molar-refractivity contribution in [3.63, 3.8) is 0 Å². The maximum atomic E-state index is 10.6. The molecule has 0 rings (SSSR count). The molecule has 190 valence electrons. The van der Waals surface area contributed by atoms with E-state index in [1.807, 2.05) is 0 Å². The van der Waals surface area contributed by atoms with Crippen LogP contribution in [0.25, 0.3) is 0 Å². The van der Waals surface area contributed by atoms with Gasteiger partial charge in [0.1, 0.15) is 0 Å². The van der Waals surface area contributed by atoms with E-state index in [2.05, 4.69) is 25.3 Å². The van der Waals surface area contributed by atoms with Gasteiger partial charge in [-0.3, -0.25) is 29.0 Å². The van der Waals surface area contributed by atoms with Crippen LogP contribution in [0.1, 0.15) is 0 Å². The highest BCUT2D eigenvalue weighted by molar-refractivity contribution is 7.80. The summed E-state index contributed by atoms with van der Waals surface area (Å²) >= 11 is 7.53. The average molecular weight is 507 g/mol. The molecule has 0 fully saturated rings. The largest absolute Gasteiger partial charge is 0.480 e. The third-order valence-corrected chi connectivity index (χ3v) is 3.90. The van der Waals surface area contributed by atoms with Crippen LogP contribution in [0.5, 0.6) is 0 Å². The number of nitrogens with two attached hydrogens (primary N) is 2. The summed E-state index contributed by atoms with van der Waals surface area (Å²) in [5.41, 5.74) is 9.81. The van der Waals surface area contributed by atoms with E-state index >= 15 is 0 Å². The third-order valence-electron chi connectivity index (χ3n) is 3.15. The first-order chi connectivity index (χ1) is 14.8. The van der Waals surface area contributed by atoms with Crippen molar-refractivity contribution in [3.05, 3.63) is 0 Å². The van der Waals surface area contributed by atoms with Crippen molar-refractivity contribution in [2.24, 2.45) is 11.5 Å². The molecule has 0 aliphatic heterocycles. The molecule has 0 spiro atoms. The topological polar surface area (TPSA) is 248 Å². The van der Waals surface area contributed by atoms with Gasteiger partial charge in [0.2, 0.25) is 0 Å². The van der Waals surface area contributed by atoms with Crippen LogP contribution in [0.4, 0.5) is 0 Å². The molecule has 0 amide bonds. The number of aliphatic hydroxyl groups excluding tert-OH is 2. The highest BCUT2D eigenvalue weighted by Gasteiger charge is 2.18. The summed E-state index contributed by atoms with van der Waals surface area (Å²) in [6.45, 7) is -1.06. The van der Waals surface area contributed by atoms with Crippen molar-refractivity contribution in [2.75, 3.05) is 63.9 Å². The van der Waals surface area contributed by atoms with Crippen LogP contribution in [0.2, 0.25) is 0 Å². The maximum Gasteiger partial charge on any atom is 0.317 e. The van der Waals surface area contributed by atoms with Gasteiger partial charge < -0.3 is 42.1 Å². The van der Waals surface area contributed by atoms with Gasteiger partial charge in [-0.2, -0.15) is 25.3 Å². The molecule has 16 heteroatoms. The van der Waals surface area contributed by atoms with E-state index in [9.17, 15) is 19.2 Å². The van der Waals surface area contributed by atoms with Crippen molar-refractivity contribution in [1.29, 1.82) is 0 Å². The van der Waals surface area contributed by atoms with Gasteiger partial charge in [-0.25, -0.2) is 0 Å². The number of rotatable bonds is 15. The number of aliphatic hydroxyl groups is 2. The zero-order valence-electron chi connectivity index (χ0n) is 17.5. The molecule has 0 aromatic rings. The van der Waals surface area contributed by atoms with Gasteiger partial charge in [-0.05, 0) is 0 Å². The zero-order chi connectivity index (χ0) is 25.7. The Hall–Kier alpha value is -1.66. The Kier molecular flexibility index (Phi) is 24.6. The minimum absolute atomic E-state index is 0.0703. The molecule has 0 aromatic carbocycles. The summed E-state index contributed by atoms with van der Waals surface area (Å²) < 4.78 is 0. The predicted molar refractivity (Wildman–Crippen MR) is 121 cm³/mol. The molecule has 32 heavy (non-hydrogen) atoms. The minimum atomic E-state index is -1.23. The quantitative estimate of drug-likeness (QED) is 0.0964. The van der Waals surface area contributed by atoms with Crippen molar-refractivity contribution in [3.8, 4) is 0 Å². The Morgan fingerprint density at radius 2 is 0.844 bits per heavy atom. The van der Waals surface area contributed by atoms with Crippen LogP contribution in [-0.2, 0) is 19.2 Å². The summed E-state index contributed by atoms with van der Waals surface area (Å²) in [4.78, 5) is 44.4. The Labute approximate surface area is 196 Å². The molecule has 2 atom stereocenters. The molecule has 0 heterocycles. The van der Waals surface area contributed by atoms with E-state index < -0.39 is 62.3 Å². The van der Waals surface area contributed by atoms with Gasteiger partial charge in [0.25, 0.3) is 0 Å². The smallest absolute Gasteiger partial charge is 0.317 e. The van der Waals surface area contributed by atoms with Crippen LogP contribution in [-0.4, -0.2) is 140 Å². The number of aliphatic carboxylic acids is 4. The van der Waals surface area contributed by atoms with Gasteiger partial charge in [-0.15, -0.1) is 0 Å². The minimum Gasteiger partial charge on any atom is -0.480 e. The fourth-order valence-corrected chi connectivity index (χ4v) is 2.21. The molecule has 0 radical (unpaired) electrons. The molecule has 10 N–H and O–H groups in total. The van der Waals surface area contributed by atoms with Crippen molar-refractivity contribution < 1.29 is 49.8 Å². The van der Waals surface area contributed by atoms with Crippen molar-refractivity contribution in [2.45, 2.75) is 12.2 Å². The number of nitrogens with zero attached hydrogens (tertiary/aromatic N) is 2. The normalized spacial score (nSPS) is 12.1. The zero-order valence-corrected chi connectivity index (χ0v) is 19.3. The summed E-state index contributed by atoms with van der Waals surface area (Å²) in [6.07, 6.45) is -1.48. The highest BCUT2D eigenvalue weighted by atomic mass is 32.1. The van der Waals surface area contributed by atoms with E-state index in [0.29, 0.717) is 13.1 Å². The number of carbonyl (C=O) groups is 4. The van der Waals surface area contributed by atoms with Gasteiger partial charge in [0.05, 0.1) is 38.4 Å². The Bertz CT molecular complexity index is 467. The lowest BCUT2D eigenvalue weighted by atomic mass is 10.3. The second-order valence-corrected chi connectivity index (χ2v) is 6.80. The Morgan fingerprint density at radius 1 is 0.625 bits per heavy atom. The molecule has 14 nitrogen and oxygen atoms in total. The summed E-state index contributed by atoms with van der Waals surface area (Å²) in [7, 11) is 0. The molecule has 0 bridgehead atoms. The summed E-state index contributed by atoms with van der Waals surface area (Å²) in [5, 5.41) is 52.0. The lowest BCUT2D eigenvalue weighted by Crippen LogP contribution is -2.43. The third kappa shape index (κ3) is 26.4. The number of hydrogen-bond acceptors (Lipinski definition) is 12. The van der Waals surface area contributed by atoms with E-state index in [4.69, 9.17) is 42.1 Å². The molecule has 0 saturated carbocycles. The first-order valence-electron chi connectivity index (χ1n) is 9.14. The van der Waals surface area contributed by atoms with Crippen LogP contribution < -0.4 is 11.5 Å². The molecule has 0 aromatic heterocycles. The highest BCUT2D eigenvalue weighted by Crippen LogP contribution is 1.96. The lowest BCUT2D eigenvalue weighted by molar-refractivity contribution is -0.145. The Balaban J connectivity index is -0.000000575. The van der Waals surface area contributed by atoms with E-state index in [-0.39, 0.29) is 24.6 Å². The number of thiol groups is 2. The van der Waals surface area contributed by atoms with E-state index in [1.165, 1.54) is 0 Å². The molecular formula is C16H34N4O10S2. The van der Waals surface area contributed by atoms with E-state index in [1.54, 1.807) is 0 Å². The molecular weight excluding hydrogens is 472 g/mol. The lowest BCUT2D eigenvalue weighted by Gasteiger charge is -2.23. The number of hydrogen-bond donors (Lipinski definition) is 10. The predicted octanol–water partition coefficient (Wildman–Crippen LogP) is -3.60. The summed E-state index contributed by atoms with van der Waals surface area (Å²) in [5.74, 6) is -4.35. The number of carboxylic acids is 4. The average Bonchev–Trinajstić information content (AvgIpc) is 2.69. The Morgan fingerprint density at radius 3 is 0.969 bits per heavy atom. The molecule has 0 aliphatic carbocycles. The first kappa shape index (κ1) is 34.9. The van der Waals surface area contributed by atoms with Gasteiger partial charge >= 0.3 is 23.9 Å². The van der Waals surface area contributed by atoms with Crippen LogP contribution in [0.3, 0.4) is 0 Å². The number of carboxylic acid groups (broad SMARTS) is 4. The monoisotopic (exact) mass is 506 g/mol. The van der Waals surface area contributed by atoms with Crippen LogP contribution in [0.15, 0.2) is 0 Å². The SMILES string of the molecule is NCCN.O=C(O)CN(CCN(CC(=O)O)CC(=O)O)CC(=O)O.O[C@H](CS)[C@H](O)CS.